The molecule has 1 amide bonds. The molecule has 0 saturated carbocycles. The van der Waals surface area contributed by atoms with Gasteiger partial charge in [0.15, 0.2) is 0 Å². The summed E-state index contributed by atoms with van der Waals surface area (Å²) in [6, 6.07) is 12.4. The number of hydrogen-bond donors (Lipinski definition) is 1. The predicted molar refractivity (Wildman–Crippen MR) is 111 cm³/mol. The highest BCUT2D eigenvalue weighted by atomic mass is 32.2. The Labute approximate surface area is 162 Å². The minimum absolute atomic E-state index is 0.0233. The van der Waals surface area contributed by atoms with Gasteiger partial charge in [-0.1, -0.05) is 26.0 Å². The third-order valence-electron chi connectivity index (χ3n) is 3.80. The number of rotatable bonds is 7. The van der Waals surface area contributed by atoms with Gasteiger partial charge in [0.2, 0.25) is 5.91 Å². The normalized spacial score (nSPS) is 10.9. The first-order chi connectivity index (χ1) is 12.6. The summed E-state index contributed by atoms with van der Waals surface area (Å²) < 4.78 is 0. The van der Waals surface area contributed by atoms with Crippen molar-refractivity contribution in [3.05, 3.63) is 70.7 Å². The Morgan fingerprint density at radius 2 is 1.92 bits per heavy atom. The molecule has 134 valence electrons. The third kappa shape index (κ3) is 5.44. The van der Waals surface area contributed by atoms with E-state index >= 15 is 0 Å². The fourth-order valence-corrected chi connectivity index (χ4v) is 4.08. The highest BCUT2D eigenvalue weighted by Crippen LogP contribution is 2.23. The minimum atomic E-state index is 0.0233. The largest absolute Gasteiger partial charge is 0.352 e. The van der Waals surface area contributed by atoms with Crippen LogP contribution in [0.3, 0.4) is 0 Å². The number of nitrogens with zero attached hydrogens (tertiary/aromatic N) is 1. The van der Waals surface area contributed by atoms with E-state index in [1.54, 1.807) is 17.5 Å². The van der Waals surface area contributed by atoms with Crippen molar-refractivity contribution in [2.24, 2.45) is 0 Å². The summed E-state index contributed by atoms with van der Waals surface area (Å²) in [4.78, 5) is 17.8. The number of benzene rings is 1. The lowest BCUT2D eigenvalue weighted by atomic mass is 10.1. The molecule has 1 N–H and O–H groups in total. The Morgan fingerprint density at radius 1 is 1.12 bits per heavy atom. The zero-order valence-corrected chi connectivity index (χ0v) is 16.6. The van der Waals surface area contributed by atoms with E-state index in [1.807, 2.05) is 30.1 Å². The summed E-state index contributed by atoms with van der Waals surface area (Å²) in [7, 11) is 0. The van der Waals surface area contributed by atoms with Crippen LogP contribution in [0.1, 0.15) is 25.0 Å². The van der Waals surface area contributed by atoms with Gasteiger partial charge in [0, 0.05) is 34.6 Å². The quantitative estimate of drug-likeness (QED) is 0.573. The number of thioether (sulfide) groups is 1. The van der Waals surface area contributed by atoms with E-state index in [0.717, 1.165) is 22.3 Å². The number of amides is 1. The molecule has 3 nitrogen and oxygen atoms in total. The summed E-state index contributed by atoms with van der Waals surface area (Å²) in [6.45, 7) is 4.84. The lowest BCUT2D eigenvalue weighted by Crippen LogP contribution is -2.24. The molecule has 0 radical (unpaired) electrons. The van der Waals surface area contributed by atoms with Gasteiger partial charge >= 0.3 is 0 Å². The van der Waals surface area contributed by atoms with Crippen LogP contribution in [0.25, 0.3) is 11.1 Å². The predicted octanol–water partition coefficient (Wildman–Crippen LogP) is 5.17. The average Bonchev–Trinajstić information content (AvgIpc) is 3.16. The van der Waals surface area contributed by atoms with Crippen molar-refractivity contribution in [1.29, 1.82) is 0 Å². The minimum Gasteiger partial charge on any atom is -0.352 e. The number of nitrogens with one attached hydrogen (secondary N) is 1. The van der Waals surface area contributed by atoms with Gasteiger partial charge in [0.05, 0.1) is 6.42 Å². The zero-order chi connectivity index (χ0) is 18.4. The molecule has 0 fully saturated rings. The Hall–Kier alpha value is -2.11. The molecule has 0 bridgehead atoms. The Morgan fingerprint density at radius 3 is 2.62 bits per heavy atom. The van der Waals surface area contributed by atoms with E-state index in [0.29, 0.717) is 18.2 Å². The van der Waals surface area contributed by atoms with Crippen molar-refractivity contribution >= 4 is 29.0 Å². The van der Waals surface area contributed by atoms with E-state index in [-0.39, 0.29) is 5.91 Å². The Balaban J connectivity index is 1.53. The molecular formula is C21H22N2OS2. The van der Waals surface area contributed by atoms with Gasteiger partial charge in [-0.05, 0) is 51.7 Å². The smallest absolute Gasteiger partial charge is 0.224 e. The molecule has 0 unspecified atom stereocenters. The summed E-state index contributed by atoms with van der Waals surface area (Å²) in [5.41, 5.74) is 4.28. The maximum atomic E-state index is 12.2. The molecule has 0 aliphatic rings. The number of thiophene rings is 1. The lowest BCUT2D eigenvalue weighted by molar-refractivity contribution is -0.120. The fourth-order valence-electron chi connectivity index (χ4n) is 2.58. The van der Waals surface area contributed by atoms with Gasteiger partial charge in [-0.3, -0.25) is 9.78 Å². The fraction of sp³-hybridized carbons (Fsp3) is 0.238. The van der Waals surface area contributed by atoms with Crippen LogP contribution in [0.5, 0.6) is 0 Å². The van der Waals surface area contributed by atoms with Gasteiger partial charge < -0.3 is 5.32 Å². The van der Waals surface area contributed by atoms with Crippen LogP contribution in [0.4, 0.5) is 0 Å². The number of pyridine rings is 1. The monoisotopic (exact) mass is 382 g/mol. The maximum Gasteiger partial charge on any atom is 0.224 e. The third-order valence-corrected chi connectivity index (χ3v) is 5.50. The van der Waals surface area contributed by atoms with Gasteiger partial charge in [-0.25, -0.2) is 0 Å². The van der Waals surface area contributed by atoms with Crippen molar-refractivity contribution in [2.45, 2.75) is 37.0 Å². The Kier molecular flexibility index (Phi) is 6.47. The molecule has 3 rings (SSSR count). The second-order valence-electron chi connectivity index (χ2n) is 6.36. The average molecular weight is 383 g/mol. The molecule has 0 aliphatic carbocycles. The van der Waals surface area contributed by atoms with E-state index in [1.165, 1.54) is 4.90 Å². The Bertz CT molecular complexity index is 843. The highest BCUT2D eigenvalue weighted by Gasteiger charge is 2.06. The number of aromatic nitrogens is 1. The van der Waals surface area contributed by atoms with Gasteiger partial charge in [0.1, 0.15) is 0 Å². The van der Waals surface area contributed by atoms with E-state index in [2.05, 4.69) is 59.2 Å². The van der Waals surface area contributed by atoms with Gasteiger partial charge in [-0.2, -0.15) is 11.3 Å². The molecule has 0 aliphatic heterocycles. The zero-order valence-electron chi connectivity index (χ0n) is 14.9. The maximum absolute atomic E-state index is 12.2. The van der Waals surface area contributed by atoms with Crippen LogP contribution in [-0.2, 0) is 17.8 Å². The van der Waals surface area contributed by atoms with E-state index < -0.39 is 0 Å². The molecule has 0 saturated heterocycles. The van der Waals surface area contributed by atoms with Gasteiger partial charge in [0.25, 0.3) is 0 Å². The number of carbonyl (C=O) groups excluding carboxylic acids is 1. The van der Waals surface area contributed by atoms with Gasteiger partial charge in [-0.15, -0.1) is 11.8 Å². The van der Waals surface area contributed by atoms with Crippen molar-refractivity contribution in [3.63, 3.8) is 0 Å². The molecule has 2 heterocycles. The van der Waals surface area contributed by atoms with Crippen LogP contribution >= 0.6 is 23.1 Å². The molecule has 2 aromatic heterocycles. The van der Waals surface area contributed by atoms with E-state index in [4.69, 9.17) is 0 Å². The second kappa shape index (κ2) is 9.01. The van der Waals surface area contributed by atoms with E-state index in [9.17, 15) is 4.79 Å². The summed E-state index contributed by atoms with van der Waals surface area (Å²) >= 11 is 3.49. The molecule has 1 aromatic carbocycles. The van der Waals surface area contributed by atoms with Crippen LogP contribution in [0.2, 0.25) is 0 Å². The molecule has 5 heteroatoms. The summed E-state index contributed by atoms with van der Waals surface area (Å²) in [5.74, 6) is 0.0233. The summed E-state index contributed by atoms with van der Waals surface area (Å²) in [5, 5.41) is 7.69. The number of hydrogen-bond acceptors (Lipinski definition) is 4. The molecule has 0 atom stereocenters. The van der Waals surface area contributed by atoms with Crippen molar-refractivity contribution in [3.8, 4) is 11.1 Å². The molecule has 26 heavy (non-hydrogen) atoms. The molecule has 0 spiro atoms. The van der Waals surface area contributed by atoms with Crippen LogP contribution in [-0.4, -0.2) is 16.1 Å². The van der Waals surface area contributed by atoms with Crippen molar-refractivity contribution < 1.29 is 4.79 Å². The number of carbonyl (C=O) groups is 1. The SMILES string of the molecule is CC(C)Sc1ccc(CC(=O)NCc2cncc(-c3ccsc3)c2)cc1. The first-order valence-electron chi connectivity index (χ1n) is 8.59. The van der Waals surface area contributed by atoms with Crippen LogP contribution in [0, 0.1) is 0 Å². The standard InChI is InChI=1S/C21H22N2OS2/c1-15(2)26-20-5-3-16(4-6-20)10-21(24)23-12-17-9-19(13-22-11-17)18-7-8-25-14-18/h3-9,11,13-15H,10,12H2,1-2H3,(H,23,24). The molecular weight excluding hydrogens is 360 g/mol. The van der Waals surface area contributed by atoms with Crippen molar-refractivity contribution in [2.75, 3.05) is 0 Å². The van der Waals surface area contributed by atoms with Crippen molar-refractivity contribution in [1.82, 2.24) is 10.3 Å². The summed E-state index contributed by atoms with van der Waals surface area (Å²) in [6.07, 6.45) is 4.04. The second-order valence-corrected chi connectivity index (χ2v) is 8.79. The topological polar surface area (TPSA) is 42.0 Å². The lowest BCUT2D eigenvalue weighted by Gasteiger charge is -2.08. The first-order valence-corrected chi connectivity index (χ1v) is 10.4. The van der Waals surface area contributed by atoms with Crippen LogP contribution in [0.15, 0.2) is 64.4 Å². The molecule has 3 aromatic rings. The first kappa shape index (κ1) is 18.7. The highest BCUT2D eigenvalue weighted by molar-refractivity contribution is 7.99. The van der Waals surface area contributed by atoms with Crippen LogP contribution < -0.4 is 5.32 Å².